The van der Waals surface area contributed by atoms with E-state index in [2.05, 4.69) is 4.98 Å². The number of ether oxygens (including phenoxy) is 4. The van der Waals surface area contributed by atoms with Crippen molar-refractivity contribution in [1.82, 2.24) is 9.55 Å². The molecule has 0 amide bonds. The Morgan fingerprint density at radius 3 is 1.82 bits per heavy atom. The van der Waals surface area contributed by atoms with Crippen LogP contribution in [0.15, 0.2) is 101 Å². The van der Waals surface area contributed by atoms with E-state index in [4.69, 9.17) is 23.4 Å². The number of nitrogens with zero attached hydrogens (tertiary/aromatic N) is 1. The molecule has 51 heavy (non-hydrogen) atoms. The minimum Gasteiger partial charge on any atom is -0.497 e. The molecule has 13 nitrogen and oxygen atoms in total. The highest BCUT2D eigenvalue weighted by atomic mass is 31.2. The van der Waals surface area contributed by atoms with E-state index in [1.807, 2.05) is 88.5 Å². The molecule has 4 N–H and O–H groups in total. The van der Waals surface area contributed by atoms with E-state index in [9.17, 15) is 29.0 Å². The van der Waals surface area contributed by atoms with Crippen molar-refractivity contribution in [3.63, 3.8) is 0 Å². The van der Waals surface area contributed by atoms with Crippen molar-refractivity contribution in [1.29, 1.82) is 0 Å². The molecule has 0 radical (unpaired) electrons. The Hall–Kier alpha value is -3.85. The molecule has 0 bridgehead atoms. The van der Waals surface area contributed by atoms with E-state index >= 15 is 0 Å². The molecule has 15 heteroatoms. The van der Waals surface area contributed by atoms with Gasteiger partial charge in [-0.25, -0.2) is 4.79 Å². The van der Waals surface area contributed by atoms with Crippen LogP contribution in [0.1, 0.15) is 43.7 Å². The minimum absolute atomic E-state index is 0.483. The summed E-state index contributed by atoms with van der Waals surface area (Å²) >= 11 is 0. The Kier molecular flexibility index (Phi) is 10.7. The average Bonchev–Trinajstić information content (AvgIpc) is 3.36. The topological polar surface area (TPSA) is 179 Å². The maximum absolute atomic E-state index is 13.6. The Bertz CT molecular complexity index is 1920. The van der Waals surface area contributed by atoms with Gasteiger partial charge in [0, 0.05) is 12.3 Å². The molecule has 1 fully saturated rings. The molecule has 4 aromatic rings. The van der Waals surface area contributed by atoms with Gasteiger partial charge in [-0.2, -0.15) is 0 Å². The lowest BCUT2D eigenvalue weighted by atomic mass is 9.80. The maximum Gasteiger partial charge on any atom is 0.362 e. The first-order valence-corrected chi connectivity index (χ1v) is 20.8. The van der Waals surface area contributed by atoms with Crippen LogP contribution in [0.4, 0.5) is 0 Å². The number of methoxy groups -OCH3 is 2. The van der Waals surface area contributed by atoms with E-state index in [1.54, 1.807) is 38.5 Å². The maximum atomic E-state index is 13.6. The minimum atomic E-state index is -5.55. The molecule has 0 spiro atoms. The number of H-pyrrole nitrogens is 1. The van der Waals surface area contributed by atoms with Crippen molar-refractivity contribution in [2.75, 3.05) is 20.8 Å². The second-order valence-corrected chi connectivity index (χ2v) is 20.5. The van der Waals surface area contributed by atoms with Crippen LogP contribution in [0.5, 0.6) is 11.5 Å². The molecule has 2 heterocycles. The van der Waals surface area contributed by atoms with Gasteiger partial charge in [-0.05, 0) is 59.1 Å². The van der Waals surface area contributed by atoms with Crippen LogP contribution in [0, 0.1) is 0 Å². The van der Waals surface area contributed by atoms with Crippen LogP contribution in [-0.4, -0.2) is 71.1 Å². The molecule has 1 saturated heterocycles. The fourth-order valence-electron chi connectivity index (χ4n) is 6.00. The van der Waals surface area contributed by atoms with E-state index in [-0.39, 0.29) is 0 Å². The van der Waals surface area contributed by atoms with Crippen molar-refractivity contribution >= 4 is 15.9 Å². The second kappa shape index (κ2) is 14.3. The number of hydrogen-bond donors (Lipinski definition) is 4. The summed E-state index contributed by atoms with van der Waals surface area (Å²) in [4.78, 5) is 49.2. The summed E-state index contributed by atoms with van der Waals surface area (Å²) in [6.07, 6.45) is -3.94. The van der Waals surface area contributed by atoms with Crippen LogP contribution in [0.25, 0.3) is 0 Å². The third kappa shape index (κ3) is 7.15. The Labute approximate surface area is 297 Å². The van der Waals surface area contributed by atoms with Crippen molar-refractivity contribution in [3.05, 3.63) is 129 Å². The molecule has 1 aliphatic rings. The SMILES string of the molecule is COc1ccc(C(OC[C@@H]2O[C@H](n3ccc(=O)[nH]c3=O)C(O[Si](C)(C)C(C)(C)C)C2(O)P(=O)(O)O)(c2ccccc2)c2ccc(OC)cc2)cc1. The molecular formula is C36H45N2O11PSi. The highest BCUT2D eigenvalue weighted by Gasteiger charge is 2.68. The number of rotatable bonds is 12. The smallest absolute Gasteiger partial charge is 0.362 e. The molecule has 1 aromatic heterocycles. The quantitative estimate of drug-likeness (QED) is 0.0898. The molecule has 3 aromatic carbocycles. The molecule has 4 atom stereocenters. The van der Waals surface area contributed by atoms with Gasteiger partial charge in [0.25, 0.3) is 5.56 Å². The van der Waals surface area contributed by atoms with Crippen LogP contribution in [-0.2, 0) is 24.1 Å². The fourth-order valence-corrected chi connectivity index (χ4v) is 8.41. The summed E-state index contributed by atoms with van der Waals surface area (Å²) in [6.45, 7) is 8.86. The van der Waals surface area contributed by atoms with Gasteiger partial charge < -0.3 is 38.3 Å². The lowest BCUT2D eigenvalue weighted by molar-refractivity contribution is -0.105. The van der Waals surface area contributed by atoms with E-state index in [0.29, 0.717) is 28.2 Å². The Morgan fingerprint density at radius 1 is 0.863 bits per heavy atom. The van der Waals surface area contributed by atoms with Crippen LogP contribution < -0.4 is 20.7 Å². The number of hydrogen-bond acceptors (Lipinski definition) is 9. The van der Waals surface area contributed by atoms with Crippen molar-refractivity contribution < 1.29 is 42.8 Å². The highest BCUT2D eigenvalue weighted by Crippen LogP contribution is 2.61. The lowest BCUT2D eigenvalue weighted by Gasteiger charge is -2.43. The lowest BCUT2D eigenvalue weighted by Crippen LogP contribution is -2.56. The molecule has 0 aliphatic carbocycles. The average molecular weight is 741 g/mol. The summed E-state index contributed by atoms with van der Waals surface area (Å²) in [5.74, 6) is 1.18. The third-order valence-electron chi connectivity index (χ3n) is 9.90. The molecule has 274 valence electrons. The third-order valence-corrected chi connectivity index (χ3v) is 15.8. The van der Waals surface area contributed by atoms with Crippen molar-refractivity contribution in [3.8, 4) is 11.5 Å². The zero-order chi connectivity index (χ0) is 37.4. The van der Waals surface area contributed by atoms with Gasteiger partial charge in [-0.3, -0.25) is 18.9 Å². The molecule has 5 rings (SSSR count). The number of aliphatic hydroxyl groups is 1. The summed E-state index contributed by atoms with van der Waals surface area (Å²) in [5, 5.41) is 8.92. The Morgan fingerprint density at radius 2 is 1.37 bits per heavy atom. The largest absolute Gasteiger partial charge is 0.497 e. The molecule has 0 saturated carbocycles. The monoisotopic (exact) mass is 740 g/mol. The van der Waals surface area contributed by atoms with Crippen molar-refractivity contribution in [2.45, 2.75) is 68.3 Å². The van der Waals surface area contributed by atoms with Gasteiger partial charge in [-0.1, -0.05) is 75.4 Å². The van der Waals surface area contributed by atoms with Gasteiger partial charge in [0.1, 0.15) is 29.3 Å². The first-order valence-electron chi connectivity index (χ1n) is 16.3. The Balaban J connectivity index is 1.71. The van der Waals surface area contributed by atoms with Gasteiger partial charge >= 0.3 is 13.3 Å². The summed E-state index contributed by atoms with van der Waals surface area (Å²) in [5.41, 5.74) is -1.14. The van der Waals surface area contributed by atoms with Gasteiger partial charge in [0.15, 0.2) is 14.5 Å². The van der Waals surface area contributed by atoms with Crippen LogP contribution >= 0.6 is 7.60 Å². The van der Waals surface area contributed by atoms with Crippen LogP contribution in [0.2, 0.25) is 18.1 Å². The number of aromatic nitrogens is 2. The van der Waals surface area contributed by atoms with E-state index in [0.717, 1.165) is 16.8 Å². The van der Waals surface area contributed by atoms with Gasteiger partial charge in [0.05, 0.1) is 20.8 Å². The predicted molar refractivity (Wildman–Crippen MR) is 193 cm³/mol. The standard InChI is InChI=1S/C36H45N2O11PSi/c1-34(2,3)51(6,7)49-31-32(38-22-21-30(39)37-33(38)40)48-29(36(31,41)50(42,43)44)23-47-35(24-11-9-8-10-12-24,25-13-17-27(45-4)18-14-25)26-15-19-28(46-5)20-16-26/h8-22,29,31-32,41H,23H2,1-7H3,(H,37,39,40)(H2,42,43,44)/t29-,31?,32-,36?/m0/s1. The van der Waals surface area contributed by atoms with Gasteiger partial charge in [0.2, 0.25) is 5.34 Å². The highest BCUT2D eigenvalue weighted by molar-refractivity contribution is 7.53. The number of benzene rings is 3. The first kappa shape index (κ1) is 38.4. The first-order chi connectivity index (χ1) is 23.9. The predicted octanol–water partition coefficient (Wildman–Crippen LogP) is 4.72. The van der Waals surface area contributed by atoms with Gasteiger partial charge in [-0.15, -0.1) is 0 Å². The molecule has 1 aliphatic heterocycles. The zero-order valence-electron chi connectivity index (χ0n) is 29.6. The zero-order valence-corrected chi connectivity index (χ0v) is 31.5. The number of aromatic amines is 1. The molecular weight excluding hydrogens is 695 g/mol. The number of nitrogens with one attached hydrogen (secondary N) is 1. The van der Waals surface area contributed by atoms with Crippen molar-refractivity contribution in [2.24, 2.45) is 0 Å². The molecule has 2 unspecified atom stereocenters. The normalized spacial score (nSPS) is 21.4. The van der Waals surface area contributed by atoms with E-state index < -0.39 is 68.2 Å². The summed E-state index contributed by atoms with van der Waals surface area (Å²) < 4.78 is 45.1. The summed E-state index contributed by atoms with van der Waals surface area (Å²) in [6, 6.07) is 24.6. The fraction of sp³-hybridized carbons (Fsp3) is 0.389. The summed E-state index contributed by atoms with van der Waals surface area (Å²) in [7, 11) is -5.40. The van der Waals surface area contributed by atoms with Crippen LogP contribution in [0.3, 0.4) is 0 Å². The second-order valence-electron chi connectivity index (χ2n) is 14.0. The van der Waals surface area contributed by atoms with E-state index in [1.165, 1.54) is 0 Å².